The first-order valence-electron chi connectivity index (χ1n) is 12.6. The number of sulfone groups is 1. The molecule has 1 fully saturated rings. The Morgan fingerprint density at radius 1 is 1.08 bits per heavy atom. The van der Waals surface area contributed by atoms with Gasteiger partial charge in [-0.05, 0) is 62.1 Å². The third kappa shape index (κ3) is 8.34. The van der Waals surface area contributed by atoms with Gasteiger partial charge in [-0.1, -0.05) is 55.8 Å². The smallest absolute Gasteiger partial charge is 0.220 e. The quantitative estimate of drug-likeness (QED) is 0.258. The standard InChI is InChI=1S/C28H36ClNO5S/c1-20(2)35-28(26-18-23(29)11-14-27(26)34-3)30-16-15-21-9-12-25(13-10-21)36(32,33)19-24(31)17-22-7-5-4-6-8-22/h9-14,18,20,22H,4-8,15-17,19H2,1-3H3. The number of carbonyl (C=O) groups excluding carboxylic acids is 1. The van der Waals surface area contributed by atoms with Gasteiger partial charge in [-0.2, -0.15) is 0 Å². The molecule has 1 saturated carbocycles. The predicted octanol–water partition coefficient (Wildman–Crippen LogP) is 6.08. The van der Waals surface area contributed by atoms with Crippen LogP contribution in [0.3, 0.4) is 0 Å². The molecule has 0 heterocycles. The van der Waals surface area contributed by atoms with Gasteiger partial charge in [0.05, 0.1) is 23.7 Å². The second-order valence-corrected chi connectivity index (χ2v) is 12.0. The Morgan fingerprint density at radius 2 is 1.78 bits per heavy atom. The van der Waals surface area contributed by atoms with Crippen molar-refractivity contribution in [2.24, 2.45) is 10.9 Å². The number of ether oxygens (including phenoxy) is 2. The summed E-state index contributed by atoms with van der Waals surface area (Å²) in [6, 6.07) is 12.0. The van der Waals surface area contributed by atoms with Crippen LogP contribution in [0.4, 0.5) is 0 Å². The molecule has 0 spiro atoms. The maximum atomic E-state index is 12.8. The molecular weight excluding hydrogens is 498 g/mol. The Bertz CT molecular complexity index is 1150. The lowest BCUT2D eigenvalue weighted by atomic mass is 9.86. The average molecular weight is 534 g/mol. The zero-order valence-corrected chi connectivity index (χ0v) is 22.9. The van der Waals surface area contributed by atoms with Crippen LogP contribution in [0.2, 0.25) is 5.02 Å². The van der Waals surface area contributed by atoms with E-state index in [0.29, 0.717) is 47.5 Å². The lowest BCUT2D eigenvalue weighted by Gasteiger charge is -2.20. The summed E-state index contributed by atoms with van der Waals surface area (Å²) in [7, 11) is -2.06. The SMILES string of the molecule is COc1ccc(Cl)cc1C(=NCCc1ccc(S(=O)(=O)CC(=O)CC2CCCCC2)cc1)OC(C)C. The minimum atomic E-state index is -3.65. The number of halogens is 1. The van der Waals surface area contributed by atoms with E-state index in [1.807, 2.05) is 13.8 Å². The molecule has 2 aromatic carbocycles. The van der Waals surface area contributed by atoms with Gasteiger partial charge in [0.25, 0.3) is 0 Å². The third-order valence-corrected chi connectivity index (χ3v) is 8.20. The lowest BCUT2D eigenvalue weighted by molar-refractivity contribution is -0.117. The fraction of sp³-hybridized carbons (Fsp3) is 0.500. The zero-order valence-electron chi connectivity index (χ0n) is 21.3. The normalized spacial score (nSPS) is 15.2. The molecule has 0 radical (unpaired) electrons. The summed E-state index contributed by atoms with van der Waals surface area (Å²) in [5.74, 6) is 0.784. The van der Waals surface area contributed by atoms with E-state index in [4.69, 9.17) is 21.1 Å². The summed E-state index contributed by atoms with van der Waals surface area (Å²) in [5, 5.41) is 0.555. The Labute approximate surface area is 220 Å². The van der Waals surface area contributed by atoms with Crippen molar-refractivity contribution in [2.75, 3.05) is 19.4 Å². The minimum Gasteiger partial charge on any atom is -0.496 e. The van der Waals surface area contributed by atoms with Gasteiger partial charge in [0.15, 0.2) is 9.84 Å². The van der Waals surface area contributed by atoms with Gasteiger partial charge in [-0.15, -0.1) is 0 Å². The molecule has 6 nitrogen and oxygen atoms in total. The highest BCUT2D eigenvalue weighted by Gasteiger charge is 2.23. The molecule has 0 N–H and O–H groups in total. The van der Waals surface area contributed by atoms with Crippen molar-refractivity contribution < 1.29 is 22.7 Å². The number of carbonyl (C=O) groups is 1. The van der Waals surface area contributed by atoms with E-state index < -0.39 is 15.6 Å². The third-order valence-electron chi connectivity index (χ3n) is 6.27. The van der Waals surface area contributed by atoms with Crippen molar-refractivity contribution in [3.05, 3.63) is 58.6 Å². The van der Waals surface area contributed by atoms with Gasteiger partial charge in [0.2, 0.25) is 5.90 Å². The van der Waals surface area contributed by atoms with Crippen molar-refractivity contribution in [1.29, 1.82) is 0 Å². The number of hydrogen-bond donors (Lipinski definition) is 0. The number of aliphatic imine (C=N–C) groups is 1. The summed E-state index contributed by atoms with van der Waals surface area (Å²) < 4.78 is 36.9. The fourth-order valence-electron chi connectivity index (χ4n) is 4.47. The van der Waals surface area contributed by atoms with Gasteiger partial charge < -0.3 is 9.47 Å². The molecule has 0 amide bonds. The minimum absolute atomic E-state index is 0.0854. The van der Waals surface area contributed by atoms with Gasteiger partial charge in [-0.3, -0.25) is 9.79 Å². The number of Topliss-reactive ketones (excluding diaryl/α,β-unsaturated/α-hetero) is 1. The van der Waals surface area contributed by atoms with Crippen molar-refractivity contribution in [3.63, 3.8) is 0 Å². The zero-order chi connectivity index (χ0) is 26.1. The first-order valence-corrected chi connectivity index (χ1v) is 14.6. The Morgan fingerprint density at radius 3 is 2.42 bits per heavy atom. The van der Waals surface area contributed by atoms with Crippen LogP contribution < -0.4 is 4.74 Å². The molecule has 0 bridgehead atoms. The molecule has 2 aromatic rings. The first-order chi connectivity index (χ1) is 17.2. The predicted molar refractivity (Wildman–Crippen MR) is 144 cm³/mol. The lowest BCUT2D eigenvalue weighted by Crippen LogP contribution is -2.20. The van der Waals surface area contributed by atoms with E-state index in [1.54, 1.807) is 49.6 Å². The molecule has 8 heteroatoms. The largest absolute Gasteiger partial charge is 0.496 e. The molecule has 196 valence electrons. The van der Waals surface area contributed by atoms with E-state index in [2.05, 4.69) is 4.99 Å². The van der Waals surface area contributed by atoms with E-state index in [9.17, 15) is 13.2 Å². The monoisotopic (exact) mass is 533 g/mol. The number of benzene rings is 2. The number of ketones is 1. The topological polar surface area (TPSA) is 82.0 Å². The number of rotatable bonds is 11. The summed E-state index contributed by atoms with van der Waals surface area (Å²) in [4.78, 5) is 17.2. The molecule has 0 unspecified atom stereocenters. The van der Waals surface area contributed by atoms with Crippen molar-refractivity contribution >= 4 is 33.1 Å². The number of nitrogens with zero attached hydrogens (tertiary/aromatic N) is 1. The van der Waals surface area contributed by atoms with Crippen molar-refractivity contribution in [3.8, 4) is 5.75 Å². The van der Waals surface area contributed by atoms with Gasteiger partial charge in [0, 0.05) is 18.0 Å². The second kappa shape index (κ2) is 13.2. The van der Waals surface area contributed by atoms with Crippen LogP contribution in [0, 0.1) is 5.92 Å². The molecule has 3 rings (SSSR count). The van der Waals surface area contributed by atoms with E-state index in [-0.39, 0.29) is 16.8 Å². The Balaban J connectivity index is 1.63. The molecule has 0 aliphatic heterocycles. The average Bonchev–Trinajstić information content (AvgIpc) is 2.83. The molecule has 0 saturated heterocycles. The van der Waals surface area contributed by atoms with Crippen LogP contribution in [-0.2, 0) is 25.8 Å². The highest BCUT2D eigenvalue weighted by molar-refractivity contribution is 7.92. The Hall–Kier alpha value is -2.38. The second-order valence-electron chi connectivity index (χ2n) is 9.60. The molecule has 0 atom stereocenters. The van der Waals surface area contributed by atoms with E-state index >= 15 is 0 Å². The van der Waals surface area contributed by atoms with Gasteiger partial charge >= 0.3 is 0 Å². The fourth-order valence-corrected chi connectivity index (χ4v) is 5.91. The van der Waals surface area contributed by atoms with Crippen LogP contribution in [0.15, 0.2) is 52.4 Å². The van der Waals surface area contributed by atoms with Gasteiger partial charge in [-0.25, -0.2) is 8.42 Å². The van der Waals surface area contributed by atoms with Crippen LogP contribution in [0.1, 0.15) is 63.5 Å². The summed E-state index contributed by atoms with van der Waals surface area (Å²) in [5.41, 5.74) is 1.62. The van der Waals surface area contributed by atoms with E-state index in [0.717, 1.165) is 31.2 Å². The summed E-state index contributed by atoms with van der Waals surface area (Å²) in [6.07, 6.45) is 6.40. The summed E-state index contributed by atoms with van der Waals surface area (Å²) >= 11 is 6.18. The Kier molecular flexibility index (Phi) is 10.4. The molecular formula is C28H36ClNO5S. The highest BCUT2D eigenvalue weighted by atomic mass is 35.5. The molecule has 0 aromatic heterocycles. The van der Waals surface area contributed by atoms with Crippen molar-refractivity contribution in [1.82, 2.24) is 0 Å². The number of hydrogen-bond acceptors (Lipinski definition) is 6. The number of methoxy groups -OCH3 is 1. The molecule has 36 heavy (non-hydrogen) atoms. The van der Waals surface area contributed by atoms with Crippen molar-refractivity contribution in [2.45, 2.75) is 69.8 Å². The van der Waals surface area contributed by atoms with Crippen LogP contribution >= 0.6 is 11.6 Å². The van der Waals surface area contributed by atoms with E-state index in [1.165, 1.54) is 6.42 Å². The van der Waals surface area contributed by atoms with Crippen LogP contribution in [-0.4, -0.2) is 45.6 Å². The maximum absolute atomic E-state index is 12.8. The molecule has 1 aliphatic carbocycles. The highest BCUT2D eigenvalue weighted by Crippen LogP contribution is 2.27. The van der Waals surface area contributed by atoms with Crippen LogP contribution in [0.25, 0.3) is 0 Å². The molecule has 1 aliphatic rings. The maximum Gasteiger partial charge on any atom is 0.220 e. The van der Waals surface area contributed by atoms with Gasteiger partial charge in [0.1, 0.15) is 17.3 Å². The summed E-state index contributed by atoms with van der Waals surface area (Å²) in [6.45, 7) is 4.28. The van der Waals surface area contributed by atoms with Crippen LogP contribution in [0.5, 0.6) is 5.75 Å². The first kappa shape index (κ1) is 28.2.